The van der Waals surface area contributed by atoms with Gasteiger partial charge in [0.15, 0.2) is 0 Å². The van der Waals surface area contributed by atoms with Crippen LogP contribution in [0.15, 0.2) is 48.5 Å². The van der Waals surface area contributed by atoms with E-state index >= 15 is 0 Å². The van der Waals surface area contributed by atoms with Crippen molar-refractivity contribution in [2.45, 2.75) is 6.54 Å². The summed E-state index contributed by atoms with van der Waals surface area (Å²) in [5, 5.41) is 8.72. The van der Waals surface area contributed by atoms with E-state index < -0.39 is 0 Å². The zero-order valence-corrected chi connectivity index (χ0v) is 11.0. The summed E-state index contributed by atoms with van der Waals surface area (Å²) in [7, 11) is 1.66. The maximum atomic E-state index is 13.1. The van der Waals surface area contributed by atoms with Gasteiger partial charge in [0.1, 0.15) is 5.82 Å². The average Bonchev–Trinajstić information content (AvgIpc) is 2.46. The molecule has 0 heterocycles. The topological polar surface area (TPSA) is 44.1 Å². The summed E-state index contributed by atoms with van der Waals surface area (Å²) in [5.74, 6) is -0.486. The van der Waals surface area contributed by atoms with Crippen LogP contribution in [0, 0.1) is 17.1 Å². The van der Waals surface area contributed by atoms with E-state index in [2.05, 4.69) is 0 Å². The number of amides is 1. The quantitative estimate of drug-likeness (QED) is 0.859. The lowest BCUT2D eigenvalue weighted by Gasteiger charge is -2.17. The molecule has 0 saturated heterocycles. The summed E-state index contributed by atoms with van der Waals surface area (Å²) in [6, 6.07) is 14.6. The Labute approximate surface area is 116 Å². The molecule has 20 heavy (non-hydrogen) atoms. The van der Waals surface area contributed by atoms with Crippen molar-refractivity contribution in [2.75, 3.05) is 7.05 Å². The van der Waals surface area contributed by atoms with Gasteiger partial charge >= 0.3 is 0 Å². The second-order valence-electron chi connectivity index (χ2n) is 4.48. The van der Waals surface area contributed by atoms with Crippen LogP contribution in [-0.4, -0.2) is 17.9 Å². The van der Waals surface area contributed by atoms with Crippen molar-refractivity contribution in [3.8, 4) is 6.07 Å². The molecule has 1 amide bonds. The fraction of sp³-hybridized carbons (Fsp3) is 0.125. The largest absolute Gasteiger partial charge is 0.337 e. The van der Waals surface area contributed by atoms with Crippen LogP contribution in [0.5, 0.6) is 0 Å². The van der Waals surface area contributed by atoms with E-state index in [1.165, 1.54) is 17.0 Å². The van der Waals surface area contributed by atoms with Crippen LogP contribution in [0.3, 0.4) is 0 Å². The van der Waals surface area contributed by atoms with E-state index in [0.717, 1.165) is 5.56 Å². The van der Waals surface area contributed by atoms with Crippen molar-refractivity contribution in [3.63, 3.8) is 0 Å². The SMILES string of the molecule is CN(Cc1cccc(F)c1)C(=O)c1ccc(C#N)cc1. The Hall–Kier alpha value is -2.67. The van der Waals surface area contributed by atoms with E-state index in [0.29, 0.717) is 17.7 Å². The highest BCUT2D eigenvalue weighted by molar-refractivity contribution is 5.94. The van der Waals surface area contributed by atoms with E-state index in [1.807, 2.05) is 6.07 Å². The Morgan fingerprint density at radius 3 is 2.55 bits per heavy atom. The summed E-state index contributed by atoms with van der Waals surface area (Å²) in [4.78, 5) is 13.7. The zero-order chi connectivity index (χ0) is 14.5. The first-order valence-corrected chi connectivity index (χ1v) is 6.10. The van der Waals surface area contributed by atoms with Crippen molar-refractivity contribution in [2.24, 2.45) is 0 Å². The minimum Gasteiger partial charge on any atom is -0.337 e. The average molecular weight is 268 g/mol. The van der Waals surface area contributed by atoms with Crippen LogP contribution in [0.4, 0.5) is 4.39 Å². The second kappa shape index (κ2) is 5.98. The summed E-state index contributed by atoms with van der Waals surface area (Å²) >= 11 is 0. The number of hydrogen-bond donors (Lipinski definition) is 0. The van der Waals surface area contributed by atoms with Crippen LogP contribution in [0.1, 0.15) is 21.5 Å². The third-order valence-corrected chi connectivity index (χ3v) is 2.92. The van der Waals surface area contributed by atoms with Gasteiger partial charge in [-0.1, -0.05) is 12.1 Å². The van der Waals surface area contributed by atoms with Gasteiger partial charge in [-0.05, 0) is 42.0 Å². The van der Waals surface area contributed by atoms with Gasteiger partial charge in [-0.3, -0.25) is 4.79 Å². The van der Waals surface area contributed by atoms with Crippen LogP contribution >= 0.6 is 0 Å². The van der Waals surface area contributed by atoms with Gasteiger partial charge in [-0.2, -0.15) is 5.26 Å². The summed E-state index contributed by atoms with van der Waals surface area (Å²) in [6.07, 6.45) is 0. The third-order valence-electron chi connectivity index (χ3n) is 2.92. The molecular formula is C16H13FN2O. The number of carbonyl (C=O) groups is 1. The Balaban J connectivity index is 2.10. The molecule has 0 fully saturated rings. The predicted molar refractivity (Wildman–Crippen MR) is 73.4 cm³/mol. The molecule has 0 unspecified atom stereocenters. The van der Waals surface area contributed by atoms with Gasteiger partial charge in [0, 0.05) is 19.2 Å². The van der Waals surface area contributed by atoms with Gasteiger partial charge in [0.05, 0.1) is 11.6 Å². The van der Waals surface area contributed by atoms with Crippen LogP contribution in [0.2, 0.25) is 0 Å². The summed E-state index contributed by atoms with van der Waals surface area (Å²) in [6.45, 7) is 0.330. The van der Waals surface area contributed by atoms with Crippen molar-refractivity contribution in [1.82, 2.24) is 4.90 Å². The number of carbonyl (C=O) groups excluding carboxylic acids is 1. The highest BCUT2D eigenvalue weighted by Crippen LogP contribution is 2.10. The van der Waals surface area contributed by atoms with Crippen molar-refractivity contribution in [3.05, 3.63) is 71.0 Å². The molecule has 0 aromatic heterocycles. The molecular weight excluding hydrogens is 255 g/mol. The molecule has 2 aromatic rings. The number of nitriles is 1. The lowest BCUT2D eigenvalue weighted by atomic mass is 10.1. The molecule has 0 aliphatic rings. The van der Waals surface area contributed by atoms with Crippen molar-refractivity contribution < 1.29 is 9.18 Å². The first-order chi connectivity index (χ1) is 9.60. The second-order valence-corrected chi connectivity index (χ2v) is 4.48. The fourth-order valence-corrected chi connectivity index (χ4v) is 1.89. The smallest absolute Gasteiger partial charge is 0.253 e. The number of benzene rings is 2. The maximum Gasteiger partial charge on any atom is 0.253 e. The molecule has 0 aliphatic heterocycles. The fourth-order valence-electron chi connectivity index (χ4n) is 1.89. The first-order valence-electron chi connectivity index (χ1n) is 6.10. The molecule has 4 heteroatoms. The molecule has 0 spiro atoms. The zero-order valence-electron chi connectivity index (χ0n) is 11.0. The van der Waals surface area contributed by atoms with Crippen LogP contribution < -0.4 is 0 Å². The number of nitrogens with zero attached hydrogens (tertiary/aromatic N) is 2. The van der Waals surface area contributed by atoms with Crippen LogP contribution in [0.25, 0.3) is 0 Å². The van der Waals surface area contributed by atoms with Crippen molar-refractivity contribution >= 4 is 5.91 Å². The molecule has 0 saturated carbocycles. The molecule has 0 atom stereocenters. The molecule has 0 bridgehead atoms. The molecule has 3 nitrogen and oxygen atoms in total. The van der Waals surface area contributed by atoms with E-state index in [-0.39, 0.29) is 11.7 Å². The maximum absolute atomic E-state index is 13.1. The highest BCUT2D eigenvalue weighted by atomic mass is 19.1. The van der Waals surface area contributed by atoms with Gasteiger partial charge < -0.3 is 4.90 Å². The Morgan fingerprint density at radius 1 is 1.25 bits per heavy atom. The standard InChI is InChI=1S/C16H13FN2O/c1-19(11-13-3-2-4-15(17)9-13)16(20)14-7-5-12(10-18)6-8-14/h2-9H,11H2,1H3. The van der Waals surface area contributed by atoms with Gasteiger partial charge in [-0.25, -0.2) is 4.39 Å². The van der Waals surface area contributed by atoms with Gasteiger partial charge in [-0.15, -0.1) is 0 Å². The highest BCUT2D eigenvalue weighted by Gasteiger charge is 2.12. The number of halogens is 1. The lowest BCUT2D eigenvalue weighted by molar-refractivity contribution is 0.0785. The third kappa shape index (κ3) is 3.21. The summed E-state index contributed by atoms with van der Waals surface area (Å²) in [5.41, 5.74) is 1.74. The molecule has 0 N–H and O–H groups in total. The lowest BCUT2D eigenvalue weighted by Crippen LogP contribution is -2.26. The Kier molecular flexibility index (Phi) is 4.11. The monoisotopic (exact) mass is 268 g/mol. The molecule has 2 rings (SSSR count). The minimum absolute atomic E-state index is 0.168. The molecule has 0 radical (unpaired) electrons. The first kappa shape index (κ1) is 13.8. The summed E-state index contributed by atoms with van der Waals surface area (Å²) < 4.78 is 13.1. The minimum atomic E-state index is -0.318. The number of hydrogen-bond acceptors (Lipinski definition) is 2. The van der Waals surface area contributed by atoms with E-state index in [4.69, 9.17) is 5.26 Å². The molecule has 2 aromatic carbocycles. The molecule has 0 aliphatic carbocycles. The van der Waals surface area contributed by atoms with Crippen LogP contribution in [-0.2, 0) is 6.54 Å². The van der Waals surface area contributed by atoms with Crippen molar-refractivity contribution in [1.29, 1.82) is 5.26 Å². The van der Waals surface area contributed by atoms with Gasteiger partial charge in [0.25, 0.3) is 5.91 Å². The van der Waals surface area contributed by atoms with Gasteiger partial charge in [0.2, 0.25) is 0 Å². The predicted octanol–water partition coefficient (Wildman–Crippen LogP) is 2.97. The Morgan fingerprint density at radius 2 is 1.95 bits per heavy atom. The Bertz CT molecular complexity index is 659. The molecule has 100 valence electrons. The van der Waals surface area contributed by atoms with E-state index in [9.17, 15) is 9.18 Å². The normalized spacial score (nSPS) is 9.85. The number of rotatable bonds is 3. The van der Waals surface area contributed by atoms with E-state index in [1.54, 1.807) is 43.4 Å².